The summed E-state index contributed by atoms with van der Waals surface area (Å²) in [6, 6.07) is 16.2. The molecule has 2 aromatic rings. The summed E-state index contributed by atoms with van der Waals surface area (Å²) in [4.78, 5) is 26.4. The number of carbonyl (C=O) groups is 2. The van der Waals surface area contributed by atoms with Crippen molar-refractivity contribution in [3.8, 4) is 5.75 Å². The molecule has 0 aliphatic carbocycles. The highest BCUT2D eigenvalue weighted by atomic mass is 32.1. The van der Waals surface area contributed by atoms with Gasteiger partial charge in [0.05, 0.1) is 12.3 Å². The van der Waals surface area contributed by atoms with Crippen LogP contribution in [0.15, 0.2) is 60.2 Å². The molecule has 2 aromatic carbocycles. The quantitative estimate of drug-likeness (QED) is 0.501. The number of ether oxygens (including phenoxy) is 1. The van der Waals surface area contributed by atoms with Crippen LogP contribution in [0.3, 0.4) is 0 Å². The lowest BCUT2D eigenvalue weighted by molar-refractivity contribution is -0.122. The van der Waals surface area contributed by atoms with Gasteiger partial charge in [-0.3, -0.25) is 19.8 Å². The van der Waals surface area contributed by atoms with Crippen LogP contribution in [-0.4, -0.2) is 23.5 Å². The summed E-state index contributed by atoms with van der Waals surface area (Å²) in [6.45, 7) is 2.68. The smallest absolute Gasteiger partial charge is 0.270 e. The second-order valence-corrected chi connectivity index (χ2v) is 6.10. The number of hydrogen-bond donors (Lipinski definition) is 1. The number of nitrogens with one attached hydrogen (secondary N) is 1. The van der Waals surface area contributed by atoms with E-state index in [1.54, 1.807) is 42.5 Å². The summed E-state index contributed by atoms with van der Waals surface area (Å²) in [5, 5.41) is 2.65. The predicted octanol–water partition coefficient (Wildman–Crippen LogP) is 3.31. The molecule has 0 atom stereocenters. The van der Waals surface area contributed by atoms with Gasteiger partial charge in [0.2, 0.25) is 0 Å². The maximum Gasteiger partial charge on any atom is 0.270 e. The Balaban J connectivity index is 1.88. The molecule has 2 amide bonds. The lowest BCUT2D eigenvalue weighted by Gasteiger charge is -2.28. The Labute approximate surface area is 157 Å². The second kappa shape index (κ2) is 7.93. The number of anilines is 1. The first kappa shape index (κ1) is 17.8. The summed E-state index contributed by atoms with van der Waals surface area (Å²) in [6.07, 6.45) is 2.48. The fourth-order valence-electron chi connectivity index (χ4n) is 2.52. The molecular weight excluding hydrogens is 348 g/mol. The number of nitrogens with zero attached hydrogens (tertiary/aromatic N) is 1. The van der Waals surface area contributed by atoms with Crippen molar-refractivity contribution in [3.05, 3.63) is 65.7 Å². The Bertz CT molecular complexity index is 860. The molecule has 1 fully saturated rings. The van der Waals surface area contributed by atoms with E-state index in [1.165, 1.54) is 4.90 Å². The number of rotatable bonds is 5. The first-order valence-corrected chi connectivity index (χ1v) is 8.70. The van der Waals surface area contributed by atoms with Gasteiger partial charge in [-0.25, -0.2) is 0 Å². The number of para-hydroxylation sites is 1. The van der Waals surface area contributed by atoms with Crippen LogP contribution in [0.2, 0.25) is 0 Å². The van der Waals surface area contributed by atoms with Gasteiger partial charge in [-0.2, -0.15) is 0 Å². The Morgan fingerprint density at radius 1 is 1.08 bits per heavy atom. The van der Waals surface area contributed by atoms with E-state index in [-0.39, 0.29) is 10.7 Å². The maximum atomic E-state index is 12.8. The first-order valence-electron chi connectivity index (χ1n) is 8.29. The van der Waals surface area contributed by atoms with Gasteiger partial charge in [-0.15, -0.1) is 0 Å². The molecule has 132 valence electrons. The Morgan fingerprint density at radius 3 is 2.42 bits per heavy atom. The van der Waals surface area contributed by atoms with Gasteiger partial charge in [-0.05, 0) is 54.5 Å². The largest absolute Gasteiger partial charge is 0.494 e. The fraction of sp³-hybridized carbons (Fsp3) is 0.150. The molecule has 0 bridgehead atoms. The normalized spacial score (nSPS) is 16.0. The molecule has 3 rings (SSSR count). The Morgan fingerprint density at radius 2 is 1.77 bits per heavy atom. The summed E-state index contributed by atoms with van der Waals surface area (Å²) < 4.78 is 5.54. The highest BCUT2D eigenvalue weighted by Crippen LogP contribution is 2.22. The van der Waals surface area contributed by atoms with Crippen molar-refractivity contribution < 1.29 is 14.3 Å². The predicted molar refractivity (Wildman–Crippen MR) is 105 cm³/mol. The molecular formula is C20H18N2O3S. The van der Waals surface area contributed by atoms with Crippen LogP contribution < -0.4 is 15.0 Å². The third kappa shape index (κ3) is 3.81. The van der Waals surface area contributed by atoms with E-state index >= 15 is 0 Å². The molecule has 0 aromatic heterocycles. The minimum Gasteiger partial charge on any atom is -0.494 e. The van der Waals surface area contributed by atoms with E-state index in [4.69, 9.17) is 17.0 Å². The number of benzene rings is 2. The van der Waals surface area contributed by atoms with Gasteiger partial charge in [0.15, 0.2) is 5.11 Å². The lowest BCUT2D eigenvalue weighted by Crippen LogP contribution is -2.54. The third-order valence-electron chi connectivity index (χ3n) is 3.78. The molecule has 0 spiro atoms. The van der Waals surface area contributed by atoms with Crippen molar-refractivity contribution in [1.82, 2.24) is 5.32 Å². The van der Waals surface area contributed by atoms with Crippen molar-refractivity contribution in [1.29, 1.82) is 0 Å². The zero-order chi connectivity index (χ0) is 18.5. The van der Waals surface area contributed by atoms with E-state index in [0.29, 0.717) is 12.3 Å². The van der Waals surface area contributed by atoms with Gasteiger partial charge in [0, 0.05) is 0 Å². The second-order valence-electron chi connectivity index (χ2n) is 5.71. The van der Waals surface area contributed by atoms with Crippen LogP contribution in [0.25, 0.3) is 6.08 Å². The van der Waals surface area contributed by atoms with E-state index in [9.17, 15) is 9.59 Å². The number of carbonyl (C=O) groups excluding carboxylic acids is 2. The molecule has 26 heavy (non-hydrogen) atoms. The number of thiocarbonyl (C=S) groups is 1. The summed E-state index contributed by atoms with van der Waals surface area (Å²) >= 11 is 5.17. The zero-order valence-electron chi connectivity index (χ0n) is 14.3. The van der Waals surface area contributed by atoms with E-state index in [0.717, 1.165) is 17.7 Å². The third-order valence-corrected chi connectivity index (χ3v) is 4.06. The summed E-state index contributed by atoms with van der Waals surface area (Å²) in [5.74, 6) is -0.199. The van der Waals surface area contributed by atoms with Gasteiger partial charge in [0.1, 0.15) is 11.3 Å². The SMILES string of the molecule is CCCOc1ccc(/C=C2\C(=O)NC(=S)N(c3ccccc3)C2=O)cc1. The van der Waals surface area contributed by atoms with Gasteiger partial charge in [0.25, 0.3) is 11.8 Å². The molecule has 0 saturated carbocycles. The van der Waals surface area contributed by atoms with Crippen LogP contribution in [0.1, 0.15) is 18.9 Å². The topological polar surface area (TPSA) is 58.6 Å². The van der Waals surface area contributed by atoms with Crippen LogP contribution in [0.4, 0.5) is 5.69 Å². The monoisotopic (exact) mass is 366 g/mol. The first-order chi connectivity index (χ1) is 12.6. The van der Waals surface area contributed by atoms with Crippen LogP contribution in [0, 0.1) is 0 Å². The molecule has 5 nitrogen and oxygen atoms in total. The highest BCUT2D eigenvalue weighted by molar-refractivity contribution is 7.80. The molecule has 1 heterocycles. The maximum absolute atomic E-state index is 12.8. The van der Waals surface area contributed by atoms with Crippen LogP contribution in [0.5, 0.6) is 5.75 Å². The van der Waals surface area contributed by atoms with Gasteiger partial charge in [-0.1, -0.05) is 37.3 Å². The standard InChI is InChI=1S/C20H18N2O3S/c1-2-12-25-16-10-8-14(9-11-16)13-17-18(23)21-20(26)22(19(17)24)15-6-4-3-5-7-15/h3-11,13H,2,12H2,1H3,(H,21,23,26)/b17-13+. The zero-order valence-corrected chi connectivity index (χ0v) is 15.1. The summed E-state index contributed by atoms with van der Waals surface area (Å²) in [5.41, 5.74) is 1.37. The van der Waals surface area contributed by atoms with E-state index in [2.05, 4.69) is 5.32 Å². The average Bonchev–Trinajstić information content (AvgIpc) is 2.65. The van der Waals surface area contributed by atoms with E-state index in [1.807, 2.05) is 25.1 Å². The molecule has 6 heteroatoms. The van der Waals surface area contributed by atoms with Crippen molar-refractivity contribution in [3.63, 3.8) is 0 Å². The van der Waals surface area contributed by atoms with Crippen molar-refractivity contribution in [2.24, 2.45) is 0 Å². The van der Waals surface area contributed by atoms with Crippen LogP contribution in [-0.2, 0) is 9.59 Å². The van der Waals surface area contributed by atoms with Crippen molar-refractivity contribution in [2.45, 2.75) is 13.3 Å². The fourth-order valence-corrected chi connectivity index (χ4v) is 2.80. The molecule has 0 unspecified atom stereocenters. The van der Waals surface area contributed by atoms with Crippen molar-refractivity contribution >= 4 is 40.9 Å². The average molecular weight is 366 g/mol. The van der Waals surface area contributed by atoms with Gasteiger partial charge >= 0.3 is 0 Å². The van der Waals surface area contributed by atoms with Gasteiger partial charge < -0.3 is 4.74 Å². The molecule has 1 N–H and O–H groups in total. The molecule has 1 aliphatic heterocycles. The Hall–Kier alpha value is -2.99. The minimum absolute atomic E-state index is 0.0321. The number of hydrogen-bond acceptors (Lipinski definition) is 4. The summed E-state index contributed by atoms with van der Waals surface area (Å²) in [7, 11) is 0. The lowest BCUT2D eigenvalue weighted by atomic mass is 10.1. The molecule has 1 aliphatic rings. The van der Waals surface area contributed by atoms with Crippen molar-refractivity contribution in [2.75, 3.05) is 11.5 Å². The van der Waals surface area contributed by atoms with Crippen LogP contribution >= 0.6 is 12.2 Å². The molecule has 0 radical (unpaired) electrons. The highest BCUT2D eigenvalue weighted by Gasteiger charge is 2.34. The Kier molecular flexibility index (Phi) is 5.43. The molecule has 1 saturated heterocycles. The minimum atomic E-state index is -0.501. The number of amides is 2. The van der Waals surface area contributed by atoms with E-state index < -0.39 is 11.8 Å².